The molecular weight excluding hydrogens is 434 g/mol. The summed E-state index contributed by atoms with van der Waals surface area (Å²) in [6, 6.07) is 16.0. The van der Waals surface area contributed by atoms with Gasteiger partial charge in [0.05, 0.1) is 16.3 Å². The van der Waals surface area contributed by atoms with E-state index in [1.165, 1.54) is 11.3 Å². The second kappa shape index (κ2) is 7.77. The van der Waals surface area contributed by atoms with Crippen molar-refractivity contribution in [2.45, 2.75) is 23.5 Å². The van der Waals surface area contributed by atoms with Gasteiger partial charge in [0.2, 0.25) is 0 Å². The van der Waals surface area contributed by atoms with Crippen LogP contribution in [0.2, 0.25) is 0 Å². The van der Waals surface area contributed by atoms with Crippen molar-refractivity contribution >= 4 is 48.6 Å². The molecule has 0 atom stereocenters. The lowest BCUT2D eigenvalue weighted by molar-refractivity contribution is 0.347. The molecule has 1 saturated heterocycles. The largest absolute Gasteiger partial charge is 0.396 e. The van der Waals surface area contributed by atoms with Crippen LogP contribution in [0.15, 0.2) is 58.1 Å². The Labute approximate surface area is 183 Å². The van der Waals surface area contributed by atoms with Gasteiger partial charge < -0.3 is 5.73 Å². The van der Waals surface area contributed by atoms with Gasteiger partial charge >= 0.3 is 0 Å². The smallest absolute Gasteiger partial charge is 0.254 e. The first-order valence-electron chi connectivity index (χ1n) is 9.88. The van der Waals surface area contributed by atoms with Gasteiger partial charge in [-0.25, -0.2) is 13.4 Å². The van der Waals surface area contributed by atoms with Crippen LogP contribution in [0.3, 0.4) is 0 Å². The lowest BCUT2D eigenvalue weighted by atomic mass is 10.0. The van der Waals surface area contributed by atoms with Crippen molar-refractivity contribution in [2.24, 2.45) is 0 Å². The highest BCUT2D eigenvalue weighted by Gasteiger charge is 2.32. The number of benzene rings is 1. The maximum atomic E-state index is 13.4. The second-order valence-corrected chi connectivity index (χ2v) is 11.4. The summed E-state index contributed by atoms with van der Waals surface area (Å²) < 4.78 is 28.5. The molecule has 1 aromatic carbocycles. The third kappa shape index (κ3) is 3.33. The molecule has 5 rings (SSSR count). The number of aromatic nitrogens is 1. The molecule has 154 valence electrons. The zero-order valence-electron chi connectivity index (χ0n) is 16.2. The number of piperidine rings is 1. The molecule has 0 unspecified atom stereocenters. The Hall–Kier alpha value is -2.26. The molecule has 0 bridgehead atoms. The highest BCUT2D eigenvalue weighted by atomic mass is 32.2. The molecular formula is C22H21N3O2S3. The number of nitrogens with zero attached hydrogens (tertiary/aromatic N) is 2. The average molecular weight is 456 g/mol. The van der Waals surface area contributed by atoms with Crippen molar-refractivity contribution in [3.8, 4) is 21.7 Å². The van der Waals surface area contributed by atoms with Crippen LogP contribution >= 0.6 is 22.7 Å². The number of anilines is 1. The van der Waals surface area contributed by atoms with Crippen molar-refractivity contribution in [2.75, 3.05) is 18.8 Å². The molecule has 0 radical (unpaired) electrons. The fraction of sp³-hybridized carbons (Fsp3) is 0.227. The predicted molar refractivity (Wildman–Crippen MR) is 125 cm³/mol. The van der Waals surface area contributed by atoms with E-state index in [9.17, 15) is 8.42 Å². The third-order valence-electron chi connectivity index (χ3n) is 5.41. The monoisotopic (exact) mass is 455 g/mol. The van der Waals surface area contributed by atoms with E-state index in [4.69, 9.17) is 10.7 Å². The summed E-state index contributed by atoms with van der Waals surface area (Å²) in [5.41, 5.74) is 9.56. The number of rotatable bonds is 4. The standard InChI is InChI=1S/C22H21N3O2S3/c23-20-19-16(15-8-3-1-4-9-15)14-17(18-10-7-13-28-18)24-21(19)29-22(20)30(26,27)25-11-5-2-6-12-25/h1,3-4,7-10,13-14H,2,5-6,11-12,23H2. The number of pyridine rings is 1. The first kappa shape index (κ1) is 19.7. The Morgan fingerprint density at radius 3 is 2.47 bits per heavy atom. The predicted octanol–water partition coefficient (Wildman–Crippen LogP) is 5.45. The van der Waals surface area contributed by atoms with Crippen molar-refractivity contribution < 1.29 is 8.42 Å². The number of sulfonamides is 1. The van der Waals surface area contributed by atoms with E-state index in [0.717, 1.165) is 46.3 Å². The Balaban J connectivity index is 1.75. The van der Waals surface area contributed by atoms with Gasteiger partial charge in [-0.1, -0.05) is 42.8 Å². The van der Waals surface area contributed by atoms with Gasteiger partial charge in [-0.05, 0) is 41.5 Å². The Morgan fingerprint density at radius 1 is 1.00 bits per heavy atom. The number of fused-ring (bicyclic) bond motifs is 1. The number of hydrogen-bond acceptors (Lipinski definition) is 6. The fourth-order valence-corrected chi connectivity index (χ4v) is 7.78. The molecule has 1 aliphatic rings. The van der Waals surface area contributed by atoms with Crippen LogP contribution in [0.25, 0.3) is 31.9 Å². The first-order chi connectivity index (χ1) is 14.6. The first-order valence-corrected chi connectivity index (χ1v) is 13.0. The molecule has 0 spiro atoms. The summed E-state index contributed by atoms with van der Waals surface area (Å²) >= 11 is 2.80. The minimum Gasteiger partial charge on any atom is -0.396 e. The number of thiophene rings is 2. The summed E-state index contributed by atoms with van der Waals surface area (Å²) in [5.74, 6) is 0. The van der Waals surface area contributed by atoms with Crippen LogP contribution < -0.4 is 5.73 Å². The van der Waals surface area contributed by atoms with Crippen molar-refractivity contribution in [1.82, 2.24) is 9.29 Å². The topological polar surface area (TPSA) is 76.3 Å². The van der Waals surface area contributed by atoms with E-state index >= 15 is 0 Å². The highest BCUT2D eigenvalue weighted by Crippen LogP contribution is 2.44. The Morgan fingerprint density at radius 2 is 1.77 bits per heavy atom. The summed E-state index contributed by atoms with van der Waals surface area (Å²) in [6.07, 6.45) is 2.85. The minimum atomic E-state index is -3.63. The van der Waals surface area contributed by atoms with Crippen LogP contribution in [-0.4, -0.2) is 30.8 Å². The van der Waals surface area contributed by atoms with Crippen LogP contribution in [0, 0.1) is 0 Å². The molecule has 4 heterocycles. The summed E-state index contributed by atoms with van der Waals surface area (Å²) in [7, 11) is -3.63. The van der Waals surface area contributed by atoms with E-state index < -0.39 is 10.0 Å². The maximum Gasteiger partial charge on any atom is 0.254 e. The summed E-state index contributed by atoms with van der Waals surface area (Å²) in [4.78, 5) is 6.51. The fourth-order valence-electron chi connectivity index (χ4n) is 3.91. The van der Waals surface area contributed by atoms with Gasteiger partial charge in [0, 0.05) is 18.5 Å². The summed E-state index contributed by atoms with van der Waals surface area (Å²) in [6.45, 7) is 1.10. The average Bonchev–Trinajstić information content (AvgIpc) is 3.43. The van der Waals surface area contributed by atoms with E-state index in [0.29, 0.717) is 23.6 Å². The van der Waals surface area contributed by atoms with Crippen LogP contribution in [-0.2, 0) is 10.0 Å². The van der Waals surface area contributed by atoms with Crippen molar-refractivity contribution in [3.63, 3.8) is 0 Å². The second-order valence-electron chi connectivity index (χ2n) is 7.35. The molecule has 1 fully saturated rings. The maximum absolute atomic E-state index is 13.4. The molecule has 2 N–H and O–H groups in total. The number of hydrogen-bond donors (Lipinski definition) is 1. The Kier molecular flexibility index (Phi) is 5.10. The zero-order valence-corrected chi connectivity index (χ0v) is 18.7. The summed E-state index contributed by atoms with van der Waals surface area (Å²) in [5, 5.41) is 2.74. The van der Waals surface area contributed by atoms with Gasteiger partial charge in [0.1, 0.15) is 4.83 Å². The molecule has 0 aliphatic carbocycles. The SMILES string of the molecule is Nc1c(S(=O)(=O)N2CCCCC2)sc2nc(-c3cccs3)cc(-c3ccccc3)c12. The van der Waals surface area contributed by atoms with Crippen LogP contribution in [0.1, 0.15) is 19.3 Å². The lowest BCUT2D eigenvalue weighted by Gasteiger charge is -2.25. The van der Waals surface area contributed by atoms with E-state index in [1.54, 1.807) is 15.6 Å². The third-order valence-corrected chi connectivity index (χ3v) is 9.81. The van der Waals surface area contributed by atoms with Crippen LogP contribution in [0.5, 0.6) is 0 Å². The van der Waals surface area contributed by atoms with E-state index in [1.807, 2.05) is 53.9 Å². The number of nitrogens with two attached hydrogens (primary N) is 1. The lowest BCUT2D eigenvalue weighted by Crippen LogP contribution is -2.35. The normalized spacial score (nSPS) is 15.6. The van der Waals surface area contributed by atoms with Gasteiger partial charge in [0.25, 0.3) is 10.0 Å². The van der Waals surface area contributed by atoms with Crippen molar-refractivity contribution in [3.05, 3.63) is 53.9 Å². The van der Waals surface area contributed by atoms with Gasteiger partial charge in [0.15, 0.2) is 4.21 Å². The molecule has 5 nitrogen and oxygen atoms in total. The van der Waals surface area contributed by atoms with Gasteiger partial charge in [-0.3, -0.25) is 0 Å². The molecule has 0 saturated carbocycles. The Bertz CT molecular complexity index is 1290. The molecule has 4 aromatic rings. The molecule has 8 heteroatoms. The zero-order chi connectivity index (χ0) is 20.7. The number of nitrogen functional groups attached to an aromatic ring is 1. The highest BCUT2D eigenvalue weighted by molar-refractivity contribution is 7.91. The molecule has 3 aromatic heterocycles. The van der Waals surface area contributed by atoms with Gasteiger partial charge in [-0.2, -0.15) is 4.31 Å². The van der Waals surface area contributed by atoms with Crippen molar-refractivity contribution in [1.29, 1.82) is 0 Å². The quantitative estimate of drug-likeness (QED) is 0.444. The van der Waals surface area contributed by atoms with Gasteiger partial charge in [-0.15, -0.1) is 22.7 Å². The molecule has 30 heavy (non-hydrogen) atoms. The molecule has 0 amide bonds. The van der Waals surface area contributed by atoms with E-state index in [2.05, 4.69) is 0 Å². The molecule has 1 aliphatic heterocycles. The van der Waals surface area contributed by atoms with E-state index in [-0.39, 0.29) is 4.21 Å². The minimum absolute atomic E-state index is 0.215. The van der Waals surface area contributed by atoms with Crippen LogP contribution in [0.4, 0.5) is 5.69 Å².